The highest BCUT2D eigenvalue weighted by Gasteiger charge is 2.43. The summed E-state index contributed by atoms with van der Waals surface area (Å²) in [6, 6.07) is 5.28. The van der Waals surface area contributed by atoms with Gasteiger partial charge in [0.2, 0.25) is 0 Å². The fraction of sp³-hybridized carbons (Fsp3) is 0.294. The number of H-pyrrole nitrogens is 1. The van der Waals surface area contributed by atoms with Crippen molar-refractivity contribution in [1.82, 2.24) is 10.2 Å². The molecule has 27 heavy (non-hydrogen) atoms. The zero-order valence-electron chi connectivity index (χ0n) is 13.6. The molecule has 138 valence electrons. The van der Waals surface area contributed by atoms with E-state index in [0.29, 0.717) is 11.1 Å². The Morgan fingerprint density at radius 3 is 2.41 bits per heavy atom. The van der Waals surface area contributed by atoms with Crippen molar-refractivity contribution in [1.29, 1.82) is 10.5 Å². The molecule has 2 unspecified atom stereocenters. The molecule has 2 aromatic rings. The minimum atomic E-state index is -3.34. The fourth-order valence-corrected chi connectivity index (χ4v) is 3.13. The van der Waals surface area contributed by atoms with Gasteiger partial charge in [-0.1, -0.05) is 0 Å². The Hall–Kier alpha value is -3.27. The molecule has 0 saturated carbocycles. The normalized spacial score (nSPS) is 20.1. The summed E-state index contributed by atoms with van der Waals surface area (Å²) in [5, 5.41) is 25.6. The van der Waals surface area contributed by atoms with Crippen LogP contribution >= 0.6 is 0 Å². The molecule has 0 amide bonds. The lowest BCUT2D eigenvalue weighted by atomic mass is 9.76. The standard InChI is InChI=1S/C17H10F5N5/c1-6-7-2-8(11(18)3-12(7)27-26-6)13-9(4-23)14(16(19)20)25-15(17(21)22)10(13)5-24/h2-3,9,13,16-17H,1H3,(H,26,27). The maximum Gasteiger partial charge on any atom is 0.281 e. The van der Waals surface area contributed by atoms with Crippen molar-refractivity contribution in [2.75, 3.05) is 0 Å². The summed E-state index contributed by atoms with van der Waals surface area (Å²) < 4.78 is 68.0. The van der Waals surface area contributed by atoms with Gasteiger partial charge in [-0.15, -0.1) is 0 Å². The second-order valence-corrected chi connectivity index (χ2v) is 5.87. The topological polar surface area (TPSA) is 88.6 Å². The predicted octanol–water partition coefficient (Wildman–Crippen LogP) is 4.00. The van der Waals surface area contributed by atoms with Crippen molar-refractivity contribution < 1.29 is 22.0 Å². The van der Waals surface area contributed by atoms with E-state index in [0.717, 1.165) is 6.07 Å². The monoisotopic (exact) mass is 379 g/mol. The number of hydrogen-bond donors (Lipinski definition) is 1. The van der Waals surface area contributed by atoms with Crippen LogP contribution in [0.1, 0.15) is 17.2 Å². The highest BCUT2D eigenvalue weighted by atomic mass is 19.3. The van der Waals surface area contributed by atoms with Crippen molar-refractivity contribution in [3.05, 3.63) is 40.5 Å². The molecule has 0 saturated heterocycles. The number of rotatable bonds is 3. The SMILES string of the molecule is Cc1[nH]nc2cc(F)c(C3C(C#N)=C(C(F)F)N=C(C(F)F)C3C#N)cc12. The van der Waals surface area contributed by atoms with E-state index in [1.807, 2.05) is 0 Å². The average Bonchev–Trinajstić information content (AvgIpc) is 2.98. The summed E-state index contributed by atoms with van der Waals surface area (Å²) in [7, 11) is 0. The van der Waals surface area contributed by atoms with E-state index in [1.54, 1.807) is 13.0 Å². The molecule has 1 aromatic heterocycles. The van der Waals surface area contributed by atoms with Gasteiger partial charge in [0.1, 0.15) is 23.1 Å². The summed E-state index contributed by atoms with van der Waals surface area (Å²) in [5.41, 5.74) is -2.55. The van der Waals surface area contributed by atoms with Crippen LogP contribution in [0, 0.1) is 41.3 Å². The van der Waals surface area contributed by atoms with Crippen molar-refractivity contribution in [3.8, 4) is 12.1 Å². The van der Waals surface area contributed by atoms with Gasteiger partial charge in [-0.25, -0.2) is 26.9 Å². The molecule has 1 aliphatic heterocycles. The van der Waals surface area contributed by atoms with Gasteiger partial charge >= 0.3 is 0 Å². The third-order valence-corrected chi connectivity index (χ3v) is 4.38. The van der Waals surface area contributed by atoms with E-state index in [-0.39, 0.29) is 11.1 Å². The molecule has 1 aromatic carbocycles. The second kappa shape index (κ2) is 6.80. The van der Waals surface area contributed by atoms with Crippen molar-refractivity contribution >= 4 is 16.6 Å². The van der Waals surface area contributed by atoms with Gasteiger partial charge in [-0.3, -0.25) is 5.10 Å². The van der Waals surface area contributed by atoms with Gasteiger partial charge in [0.15, 0.2) is 0 Å². The van der Waals surface area contributed by atoms with E-state index in [1.165, 1.54) is 12.1 Å². The Kier molecular flexibility index (Phi) is 4.66. The van der Waals surface area contributed by atoms with E-state index in [2.05, 4.69) is 15.2 Å². The first-order chi connectivity index (χ1) is 12.8. The highest BCUT2D eigenvalue weighted by Crippen LogP contribution is 2.42. The zero-order valence-corrected chi connectivity index (χ0v) is 13.6. The van der Waals surface area contributed by atoms with E-state index in [4.69, 9.17) is 0 Å². The number of allylic oxidation sites excluding steroid dienone is 2. The predicted molar refractivity (Wildman–Crippen MR) is 84.7 cm³/mol. The van der Waals surface area contributed by atoms with Crippen LogP contribution < -0.4 is 0 Å². The lowest BCUT2D eigenvalue weighted by Gasteiger charge is -2.28. The third kappa shape index (κ3) is 2.93. The van der Waals surface area contributed by atoms with Crippen molar-refractivity contribution in [2.45, 2.75) is 25.7 Å². The molecule has 5 nitrogen and oxygen atoms in total. The number of aryl methyl sites for hydroxylation is 1. The number of hydrogen-bond acceptors (Lipinski definition) is 4. The average molecular weight is 379 g/mol. The quantitative estimate of drug-likeness (QED) is 0.818. The number of nitrogens with one attached hydrogen (secondary N) is 1. The van der Waals surface area contributed by atoms with Crippen LogP contribution in [0.5, 0.6) is 0 Å². The van der Waals surface area contributed by atoms with Gasteiger partial charge in [0.05, 0.1) is 23.2 Å². The van der Waals surface area contributed by atoms with E-state index < -0.39 is 47.5 Å². The first-order valence-electron chi connectivity index (χ1n) is 7.62. The number of benzene rings is 1. The first-order valence-corrected chi connectivity index (χ1v) is 7.62. The number of alkyl halides is 4. The highest BCUT2D eigenvalue weighted by molar-refractivity contribution is 5.95. The third-order valence-electron chi connectivity index (χ3n) is 4.38. The lowest BCUT2D eigenvalue weighted by Crippen LogP contribution is -2.33. The first kappa shape index (κ1) is 18.5. The number of nitriles is 2. The molecule has 0 radical (unpaired) electrons. The maximum atomic E-state index is 14.7. The molecule has 2 heterocycles. The molecule has 10 heteroatoms. The number of aliphatic imine (C=N–C) groups is 1. The Labute approximate surface area is 149 Å². The molecule has 0 fully saturated rings. The van der Waals surface area contributed by atoms with Gasteiger partial charge in [-0.2, -0.15) is 15.6 Å². The van der Waals surface area contributed by atoms with Gasteiger partial charge < -0.3 is 0 Å². The number of fused-ring (bicyclic) bond motifs is 1. The largest absolute Gasteiger partial charge is 0.282 e. The summed E-state index contributed by atoms with van der Waals surface area (Å²) in [6.45, 7) is 1.62. The smallest absolute Gasteiger partial charge is 0.281 e. The van der Waals surface area contributed by atoms with Crippen LogP contribution in [0.25, 0.3) is 10.9 Å². The fourth-order valence-electron chi connectivity index (χ4n) is 3.13. The molecular weight excluding hydrogens is 369 g/mol. The Morgan fingerprint density at radius 1 is 1.15 bits per heavy atom. The minimum Gasteiger partial charge on any atom is -0.282 e. The van der Waals surface area contributed by atoms with Gasteiger partial charge in [0, 0.05) is 23.1 Å². The number of halogens is 5. The number of nitrogens with zero attached hydrogens (tertiary/aromatic N) is 4. The Morgan fingerprint density at radius 2 is 1.85 bits per heavy atom. The minimum absolute atomic E-state index is 0.234. The van der Waals surface area contributed by atoms with E-state index in [9.17, 15) is 32.5 Å². The molecule has 1 aliphatic rings. The van der Waals surface area contributed by atoms with Crippen LogP contribution in [0.2, 0.25) is 0 Å². The lowest BCUT2D eigenvalue weighted by molar-refractivity contribution is 0.182. The van der Waals surface area contributed by atoms with Gasteiger partial charge in [-0.05, 0) is 18.6 Å². The molecule has 3 rings (SSSR count). The van der Waals surface area contributed by atoms with Gasteiger partial charge in [0.25, 0.3) is 12.9 Å². The summed E-state index contributed by atoms with van der Waals surface area (Å²) in [5.74, 6) is -4.35. The Bertz CT molecular complexity index is 1050. The molecule has 1 N–H and O–H groups in total. The van der Waals surface area contributed by atoms with E-state index >= 15 is 0 Å². The maximum absolute atomic E-state index is 14.7. The van der Waals surface area contributed by atoms with Crippen LogP contribution in [0.3, 0.4) is 0 Å². The molecular formula is C17H10F5N5. The summed E-state index contributed by atoms with van der Waals surface area (Å²) >= 11 is 0. The van der Waals surface area contributed by atoms with Crippen molar-refractivity contribution in [2.24, 2.45) is 10.9 Å². The number of aromatic amines is 1. The molecule has 0 spiro atoms. The number of aromatic nitrogens is 2. The van der Waals surface area contributed by atoms with Crippen LogP contribution in [0.4, 0.5) is 22.0 Å². The molecule has 0 aliphatic carbocycles. The molecule has 2 atom stereocenters. The van der Waals surface area contributed by atoms with Crippen LogP contribution in [0.15, 0.2) is 28.4 Å². The molecule has 0 bridgehead atoms. The summed E-state index contributed by atoms with van der Waals surface area (Å²) in [6.07, 6.45) is -6.65. The van der Waals surface area contributed by atoms with Crippen molar-refractivity contribution in [3.63, 3.8) is 0 Å². The van der Waals surface area contributed by atoms with Crippen LogP contribution in [-0.2, 0) is 0 Å². The second-order valence-electron chi connectivity index (χ2n) is 5.87. The summed E-state index contributed by atoms with van der Waals surface area (Å²) in [4.78, 5) is 3.17. The van der Waals surface area contributed by atoms with Crippen LogP contribution in [-0.4, -0.2) is 28.8 Å². The zero-order chi connectivity index (χ0) is 19.9. The Balaban J connectivity index is 2.33.